The Morgan fingerprint density at radius 3 is 3.20 bits per heavy atom. The average Bonchev–Trinajstić information content (AvgIpc) is 2.64. The van der Waals surface area contributed by atoms with Crippen LogP contribution in [0.15, 0.2) is 23.0 Å². The molecule has 0 spiro atoms. The van der Waals surface area contributed by atoms with Gasteiger partial charge in [0.1, 0.15) is 6.26 Å². The van der Waals surface area contributed by atoms with E-state index in [2.05, 4.69) is 17.3 Å². The fourth-order valence-corrected chi connectivity index (χ4v) is 2.62. The summed E-state index contributed by atoms with van der Waals surface area (Å²) in [6.07, 6.45) is 4.14. The quantitative estimate of drug-likeness (QED) is 0.775. The molecular formula is C11H14N2O2. The highest BCUT2D eigenvalue weighted by Crippen LogP contribution is 2.48. The number of nitrogens with one attached hydrogen (secondary N) is 1. The molecule has 2 atom stereocenters. The minimum atomic E-state index is -0.0125. The fraction of sp³-hybridized carbons (Fsp3) is 0.545. The zero-order valence-corrected chi connectivity index (χ0v) is 8.69. The Labute approximate surface area is 88.2 Å². The predicted molar refractivity (Wildman–Crippen MR) is 54.5 cm³/mol. The second-order valence-electron chi connectivity index (χ2n) is 4.72. The van der Waals surface area contributed by atoms with Gasteiger partial charge >= 0.3 is 0 Å². The van der Waals surface area contributed by atoms with Crippen molar-refractivity contribution < 1.29 is 9.21 Å². The van der Waals surface area contributed by atoms with E-state index in [0.29, 0.717) is 11.5 Å². The van der Waals surface area contributed by atoms with E-state index in [4.69, 9.17) is 4.42 Å². The van der Waals surface area contributed by atoms with Crippen LogP contribution in [-0.2, 0) is 0 Å². The maximum absolute atomic E-state index is 11.8. The molecule has 4 heteroatoms. The van der Waals surface area contributed by atoms with Crippen molar-refractivity contribution in [1.29, 1.82) is 0 Å². The molecule has 2 fully saturated rings. The van der Waals surface area contributed by atoms with Crippen molar-refractivity contribution in [1.82, 2.24) is 10.2 Å². The number of rotatable bonds is 2. The molecule has 2 heterocycles. The van der Waals surface area contributed by atoms with E-state index in [-0.39, 0.29) is 11.4 Å². The third kappa shape index (κ3) is 1.36. The maximum atomic E-state index is 11.8. The second-order valence-corrected chi connectivity index (χ2v) is 4.72. The van der Waals surface area contributed by atoms with E-state index in [1.54, 1.807) is 6.07 Å². The topological polar surface area (TPSA) is 45.5 Å². The van der Waals surface area contributed by atoms with Gasteiger partial charge in [0.15, 0.2) is 0 Å². The van der Waals surface area contributed by atoms with Crippen LogP contribution in [0.4, 0.5) is 0 Å². The van der Waals surface area contributed by atoms with Crippen LogP contribution in [0.5, 0.6) is 0 Å². The van der Waals surface area contributed by atoms with Crippen LogP contribution in [0.3, 0.4) is 0 Å². The van der Waals surface area contributed by atoms with Crippen molar-refractivity contribution >= 4 is 5.91 Å². The zero-order valence-electron chi connectivity index (χ0n) is 8.69. The van der Waals surface area contributed by atoms with Gasteiger partial charge in [-0.1, -0.05) is 0 Å². The Kier molecular flexibility index (Phi) is 1.71. The molecule has 1 aliphatic carbocycles. The first-order chi connectivity index (χ1) is 7.20. The van der Waals surface area contributed by atoms with Crippen LogP contribution in [0.2, 0.25) is 0 Å². The largest absolute Gasteiger partial charge is 0.472 e. The summed E-state index contributed by atoms with van der Waals surface area (Å²) in [7, 11) is 2.10. The number of carbonyl (C=O) groups is 1. The molecule has 1 N–H and O–H groups in total. The smallest absolute Gasteiger partial charge is 0.255 e. The van der Waals surface area contributed by atoms with Crippen LogP contribution < -0.4 is 5.32 Å². The number of piperidine rings is 1. The van der Waals surface area contributed by atoms with Gasteiger partial charge in [0.05, 0.1) is 17.4 Å². The zero-order chi connectivity index (χ0) is 10.5. The van der Waals surface area contributed by atoms with Crippen molar-refractivity contribution in [3.05, 3.63) is 24.2 Å². The number of likely N-dealkylation sites (N-methyl/N-ethyl adjacent to an activating group) is 1. The van der Waals surface area contributed by atoms with Crippen LogP contribution in [0, 0.1) is 5.92 Å². The molecule has 1 saturated carbocycles. The monoisotopic (exact) mass is 206 g/mol. The average molecular weight is 206 g/mol. The summed E-state index contributed by atoms with van der Waals surface area (Å²) in [5.41, 5.74) is 0.674. The van der Waals surface area contributed by atoms with E-state index in [1.807, 2.05) is 0 Å². The molecule has 1 amide bonds. The summed E-state index contributed by atoms with van der Waals surface area (Å²) in [6.45, 7) is 2.08. The standard InChI is InChI=1S/C11H14N2O2/c1-13-5-9-4-11(9,7-13)12-10(14)8-2-3-15-6-8/h2-3,6,9H,4-5,7H2,1H3,(H,12,14)/t9?,11-/m0/s1. The van der Waals surface area contributed by atoms with E-state index < -0.39 is 0 Å². The number of furan rings is 1. The summed E-state index contributed by atoms with van der Waals surface area (Å²) in [5.74, 6) is 0.639. The predicted octanol–water partition coefficient (Wildman–Crippen LogP) is 0.713. The Morgan fingerprint density at radius 2 is 2.60 bits per heavy atom. The lowest BCUT2D eigenvalue weighted by molar-refractivity contribution is 0.0928. The van der Waals surface area contributed by atoms with Crippen molar-refractivity contribution in [2.24, 2.45) is 5.92 Å². The normalized spacial score (nSPS) is 33.8. The van der Waals surface area contributed by atoms with E-state index >= 15 is 0 Å². The Morgan fingerprint density at radius 1 is 1.73 bits per heavy atom. The third-order valence-corrected chi connectivity index (χ3v) is 3.46. The molecule has 1 aromatic rings. The first-order valence-electron chi connectivity index (χ1n) is 5.23. The van der Waals surface area contributed by atoms with Gasteiger partial charge in [-0.25, -0.2) is 0 Å². The molecule has 0 radical (unpaired) electrons. The van der Waals surface area contributed by atoms with Crippen LogP contribution in [-0.4, -0.2) is 36.5 Å². The van der Waals surface area contributed by atoms with Crippen molar-refractivity contribution in [2.45, 2.75) is 12.0 Å². The summed E-state index contributed by atoms with van der Waals surface area (Å²) in [5, 5.41) is 3.12. The number of amides is 1. The van der Waals surface area contributed by atoms with Gasteiger partial charge in [0, 0.05) is 13.1 Å². The highest BCUT2D eigenvalue weighted by atomic mass is 16.3. The lowest BCUT2D eigenvalue weighted by Crippen LogP contribution is -2.41. The van der Waals surface area contributed by atoms with E-state index in [1.165, 1.54) is 12.5 Å². The number of fused-ring (bicyclic) bond motifs is 1. The second kappa shape index (κ2) is 2.85. The summed E-state index contributed by atoms with van der Waals surface area (Å²) in [6, 6.07) is 1.70. The van der Waals surface area contributed by atoms with E-state index in [9.17, 15) is 4.79 Å². The number of carbonyl (C=O) groups excluding carboxylic acids is 1. The molecule has 4 nitrogen and oxygen atoms in total. The van der Waals surface area contributed by atoms with Crippen molar-refractivity contribution in [3.8, 4) is 0 Å². The Hall–Kier alpha value is -1.29. The molecule has 15 heavy (non-hydrogen) atoms. The third-order valence-electron chi connectivity index (χ3n) is 3.46. The summed E-state index contributed by atoms with van der Waals surface area (Å²) >= 11 is 0. The first-order valence-corrected chi connectivity index (χ1v) is 5.23. The van der Waals surface area contributed by atoms with Crippen molar-refractivity contribution in [3.63, 3.8) is 0 Å². The van der Waals surface area contributed by atoms with Crippen molar-refractivity contribution in [2.75, 3.05) is 20.1 Å². The minimum absolute atomic E-state index is 0.0125. The number of nitrogens with zero attached hydrogens (tertiary/aromatic N) is 1. The lowest BCUT2D eigenvalue weighted by atomic mass is 10.2. The van der Waals surface area contributed by atoms with Gasteiger partial charge in [0.2, 0.25) is 0 Å². The summed E-state index contributed by atoms with van der Waals surface area (Å²) < 4.78 is 4.90. The maximum Gasteiger partial charge on any atom is 0.255 e. The molecular weight excluding hydrogens is 192 g/mol. The van der Waals surface area contributed by atoms with Gasteiger partial charge in [0.25, 0.3) is 5.91 Å². The van der Waals surface area contributed by atoms with E-state index in [0.717, 1.165) is 19.5 Å². The highest BCUT2D eigenvalue weighted by molar-refractivity contribution is 5.94. The molecule has 2 aliphatic rings. The number of hydrogen-bond acceptors (Lipinski definition) is 3. The molecule has 1 aromatic heterocycles. The SMILES string of the molecule is CN1CC2C[C@]2(NC(=O)c2ccoc2)C1. The molecule has 0 bridgehead atoms. The fourth-order valence-electron chi connectivity index (χ4n) is 2.62. The van der Waals surface area contributed by atoms with Gasteiger partial charge in [-0.05, 0) is 25.5 Å². The highest BCUT2D eigenvalue weighted by Gasteiger charge is 2.60. The molecule has 0 aromatic carbocycles. The first kappa shape index (κ1) is 8.97. The van der Waals surface area contributed by atoms with Crippen LogP contribution >= 0.6 is 0 Å². The minimum Gasteiger partial charge on any atom is -0.472 e. The molecule has 1 unspecified atom stereocenters. The van der Waals surface area contributed by atoms with Crippen LogP contribution in [0.25, 0.3) is 0 Å². The molecule has 1 saturated heterocycles. The summed E-state index contributed by atoms with van der Waals surface area (Å²) in [4.78, 5) is 14.1. The van der Waals surface area contributed by atoms with Gasteiger partial charge in [-0.15, -0.1) is 0 Å². The number of hydrogen-bond donors (Lipinski definition) is 1. The van der Waals surface area contributed by atoms with Gasteiger partial charge in [-0.3, -0.25) is 4.79 Å². The van der Waals surface area contributed by atoms with Gasteiger partial charge < -0.3 is 14.6 Å². The number of likely N-dealkylation sites (tertiary alicyclic amines) is 1. The van der Waals surface area contributed by atoms with Gasteiger partial charge in [-0.2, -0.15) is 0 Å². The Bertz CT molecular complexity index is 387. The molecule has 3 rings (SSSR count). The Balaban J connectivity index is 1.70. The van der Waals surface area contributed by atoms with Crippen LogP contribution in [0.1, 0.15) is 16.8 Å². The lowest BCUT2D eigenvalue weighted by Gasteiger charge is -2.17. The molecule has 80 valence electrons. The molecule has 1 aliphatic heterocycles.